The highest BCUT2D eigenvalue weighted by atomic mass is 127. The van der Waals surface area contributed by atoms with Gasteiger partial charge in [0.2, 0.25) is 0 Å². The predicted octanol–water partition coefficient (Wildman–Crippen LogP) is 2.83. The zero-order valence-corrected chi connectivity index (χ0v) is 18.9. The summed E-state index contributed by atoms with van der Waals surface area (Å²) in [7, 11) is 1.70. The molecular formula is C20H33IN4O2. The fourth-order valence-electron chi connectivity index (χ4n) is 3.15. The molecule has 1 aromatic rings. The van der Waals surface area contributed by atoms with Crippen LogP contribution in [0, 0.1) is 5.92 Å². The number of piperazine rings is 1. The molecular weight excluding hydrogens is 455 g/mol. The first-order valence-electron chi connectivity index (χ1n) is 9.80. The Morgan fingerprint density at radius 3 is 2.44 bits per heavy atom. The van der Waals surface area contributed by atoms with Gasteiger partial charge in [-0.05, 0) is 49.9 Å². The first-order chi connectivity index (χ1) is 12.8. The summed E-state index contributed by atoms with van der Waals surface area (Å²) in [6.07, 6.45) is 2.68. The minimum absolute atomic E-state index is 0. The van der Waals surface area contributed by atoms with E-state index in [0.29, 0.717) is 0 Å². The van der Waals surface area contributed by atoms with Crippen molar-refractivity contribution in [3.05, 3.63) is 24.3 Å². The molecule has 2 fully saturated rings. The van der Waals surface area contributed by atoms with Gasteiger partial charge in [0.15, 0.2) is 5.96 Å². The lowest BCUT2D eigenvalue weighted by molar-refractivity contribution is 0.131. The van der Waals surface area contributed by atoms with E-state index >= 15 is 0 Å². The topological polar surface area (TPSA) is 49.3 Å². The maximum atomic E-state index is 5.70. The molecule has 152 valence electrons. The fraction of sp³-hybridized carbons (Fsp3) is 0.650. The number of rotatable bonds is 8. The molecule has 6 nitrogen and oxygen atoms in total. The number of nitrogens with one attached hydrogen (secondary N) is 1. The van der Waals surface area contributed by atoms with Crippen molar-refractivity contribution in [1.82, 2.24) is 10.2 Å². The molecule has 1 saturated carbocycles. The van der Waals surface area contributed by atoms with Crippen LogP contribution in [0.1, 0.15) is 19.8 Å². The van der Waals surface area contributed by atoms with Gasteiger partial charge in [0, 0.05) is 45.0 Å². The summed E-state index contributed by atoms with van der Waals surface area (Å²) in [5.74, 6) is 2.73. The molecule has 0 aromatic heterocycles. The summed E-state index contributed by atoms with van der Waals surface area (Å²) < 4.78 is 10.9. The zero-order chi connectivity index (χ0) is 18.2. The Balaban J connectivity index is 0.00000261. The van der Waals surface area contributed by atoms with Crippen molar-refractivity contribution in [3.63, 3.8) is 0 Å². The van der Waals surface area contributed by atoms with Gasteiger partial charge in [-0.2, -0.15) is 0 Å². The van der Waals surface area contributed by atoms with E-state index in [1.165, 1.54) is 18.5 Å². The maximum Gasteiger partial charge on any atom is 0.194 e. The molecule has 2 aliphatic rings. The van der Waals surface area contributed by atoms with E-state index in [9.17, 15) is 0 Å². The van der Waals surface area contributed by atoms with Gasteiger partial charge in [0.25, 0.3) is 0 Å². The minimum Gasteiger partial charge on any atom is -0.497 e. The SMILES string of the molecule is CCNC(=NCCOCC1CC1)N1CCN(c2ccc(OC)cc2)CC1.I. The molecule has 27 heavy (non-hydrogen) atoms. The molecule has 1 N–H and O–H groups in total. The zero-order valence-electron chi connectivity index (χ0n) is 16.5. The van der Waals surface area contributed by atoms with Crippen LogP contribution in [0.3, 0.4) is 0 Å². The van der Waals surface area contributed by atoms with Crippen LogP contribution in [0.25, 0.3) is 0 Å². The van der Waals surface area contributed by atoms with Crippen LogP contribution >= 0.6 is 24.0 Å². The molecule has 0 bridgehead atoms. The van der Waals surface area contributed by atoms with Gasteiger partial charge in [-0.1, -0.05) is 0 Å². The third-order valence-electron chi connectivity index (χ3n) is 4.90. The number of ether oxygens (including phenoxy) is 2. The van der Waals surface area contributed by atoms with Gasteiger partial charge in [-0.25, -0.2) is 0 Å². The Morgan fingerprint density at radius 1 is 1.15 bits per heavy atom. The highest BCUT2D eigenvalue weighted by Crippen LogP contribution is 2.28. The molecule has 3 rings (SSSR count). The van der Waals surface area contributed by atoms with E-state index < -0.39 is 0 Å². The number of hydrogen-bond acceptors (Lipinski definition) is 4. The number of halogens is 1. The van der Waals surface area contributed by atoms with Crippen LogP contribution in [0.4, 0.5) is 5.69 Å². The number of nitrogens with zero attached hydrogens (tertiary/aromatic N) is 3. The second kappa shape index (κ2) is 11.6. The van der Waals surface area contributed by atoms with Crippen molar-refractivity contribution in [2.45, 2.75) is 19.8 Å². The Labute approximate surface area is 180 Å². The molecule has 0 radical (unpaired) electrons. The summed E-state index contributed by atoms with van der Waals surface area (Å²) in [6.45, 7) is 9.30. The average molecular weight is 488 g/mol. The van der Waals surface area contributed by atoms with Gasteiger partial charge >= 0.3 is 0 Å². The molecule has 0 amide bonds. The monoisotopic (exact) mass is 488 g/mol. The van der Waals surface area contributed by atoms with Crippen LogP contribution in [-0.2, 0) is 4.74 Å². The van der Waals surface area contributed by atoms with Crippen molar-refractivity contribution >= 4 is 35.6 Å². The van der Waals surface area contributed by atoms with Crippen LogP contribution in [0.5, 0.6) is 5.75 Å². The van der Waals surface area contributed by atoms with Crippen LogP contribution in [0.2, 0.25) is 0 Å². The summed E-state index contributed by atoms with van der Waals surface area (Å²) >= 11 is 0. The third kappa shape index (κ3) is 7.03. The quantitative estimate of drug-likeness (QED) is 0.264. The average Bonchev–Trinajstić information content (AvgIpc) is 3.51. The van der Waals surface area contributed by atoms with Crippen molar-refractivity contribution in [3.8, 4) is 5.75 Å². The van der Waals surface area contributed by atoms with Crippen molar-refractivity contribution in [1.29, 1.82) is 0 Å². The highest BCUT2D eigenvalue weighted by Gasteiger charge is 2.21. The smallest absolute Gasteiger partial charge is 0.194 e. The number of anilines is 1. The van der Waals surface area contributed by atoms with Crippen LogP contribution < -0.4 is 15.0 Å². The van der Waals surface area contributed by atoms with E-state index in [0.717, 1.165) is 70.1 Å². The van der Waals surface area contributed by atoms with Gasteiger partial charge in [-0.15, -0.1) is 24.0 Å². The summed E-state index contributed by atoms with van der Waals surface area (Å²) in [4.78, 5) is 9.51. The van der Waals surface area contributed by atoms with Gasteiger partial charge in [-0.3, -0.25) is 4.99 Å². The maximum absolute atomic E-state index is 5.70. The van der Waals surface area contributed by atoms with E-state index in [-0.39, 0.29) is 24.0 Å². The standard InChI is InChI=1S/C20H32N4O2.HI/c1-3-21-20(22-10-15-26-16-17-4-5-17)24-13-11-23(12-14-24)18-6-8-19(25-2)9-7-18;/h6-9,17H,3-5,10-16H2,1-2H3,(H,21,22);1H. The Bertz CT molecular complexity index is 570. The molecule has 0 spiro atoms. The number of guanidine groups is 1. The number of methoxy groups -OCH3 is 1. The Morgan fingerprint density at radius 2 is 1.85 bits per heavy atom. The largest absolute Gasteiger partial charge is 0.497 e. The summed E-state index contributed by atoms with van der Waals surface area (Å²) in [6, 6.07) is 8.31. The lowest BCUT2D eigenvalue weighted by Gasteiger charge is -2.37. The normalized spacial score (nSPS) is 17.5. The van der Waals surface area contributed by atoms with Gasteiger partial charge in [0.1, 0.15) is 5.75 Å². The molecule has 1 aromatic carbocycles. The van der Waals surface area contributed by atoms with E-state index in [4.69, 9.17) is 14.5 Å². The second-order valence-corrected chi connectivity index (χ2v) is 6.93. The van der Waals surface area contributed by atoms with Crippen molar-refractivity contribution in [2.24, 2.45) is 10.9 Å². The van der Waals surface area contributed by atoms with Crippen molar-refractivity contribution < 1.29 is 9.47 Å². The van der Waals surface area contributed by atoms with E-state index in [1.54, 1.807) is 7.11 Å². The van der Waals surface area contributed by atoms with Gasteiger partial charge in [0.05, 0.1) is 20.3 Å². The second-order valence-electron chi connectivity index (χ2n) is 6.93. The molecule has 1 aliphatic carbocycles. The molecule has 7 heteroatoms. The van der Waals surface area contributed by atoms with Crippen molar-refractivity contribution in [2.75, 3.05) is 64.5 Å². The molecule has 0 atom stereocenters. The predicted molar refractivity (Wildman–Crippen MR) is 122 cm³/mol. The summed E-state index contributed by atoms with van der Waals surface area (Å²) in [5.41, 5.74) is 1.25. The fourth-order valence-corrected chi connectivity index (χ4v) is 3.15. The first kappa shape index (κ1) is 22.1. The minimum atomic E-state index is 0. The summed E-state index contributed by atoms with van der Waals surface area (Å²) in [5, 5.41) is 3.42. The molecule has 1 heterocycles. The number of hydrogen-bond donors (Lipinski definition) is 1. The number of benzene rings is 1. The molecule has 0 unspecified atom stereocenters. The van der Waals surface area contributed by atoms with Gasteiger partial charge < -0.3 is 24.6 Å². The third-order valence-corrected chi connectivity index (χ3v) is 4.90. The molecule has 1 aliphatic heterocycles. The highest BCUT2D eigenvalue weighted by molar-refractivity contribution is 14.0. The molecule has 1 saturated heterocycles. The lowest BCUT2D eigenvalue weighted by Crippen LogP contribution is -2.52. The first-order valence-corrected chi connectivity index (χ1v) is 9.80. The van der Waals surface area contributed by atoms with Crippen LogP contribution in [-0.4, -0.2) is 70.5 Å². The van der Waals surface area contributed by atoms with E-state index in [2.05, 4.69) is 34.2 Å². The van der Waals surface area contributed by atoms with E-state index in [1.807, 2.05) is 12.1 Å². The lowest BCUT2D eigenvalue weighted by atomic mass is 10.2. The van der Waals surface area contributed by atoms with Crippen LogP contribution in [0.15, 0.2) is 29.3 Å². The number of aliphatic imine (C=N–C) groups is 1. The Kier molecular flexibility index (Phi) is 9.47. The Hall–Kier alpha value is -1.22.